The van der Waals surface area contributed by atoms with Crippen molar-refractivity contribution in [3.63, 3.8) is 0 Å². The van der Waals surface area contributed by atoms with E-state index in [0.717, 1.165) is 48.5 Å². The summed E-state index contributed by atoms with van der Waals surface area (Å²) < 4.78 is 0. The molecule has 0 aliphatic rings. The summed E-state index contributed by atoms with van der Waals surface area (Å²) in [7, 11) is 0. The Morgan fingerprint density at radius 3 is 2.71 bits per heavy atom. The fourth-order valence-electron chi connectivity index (χ4n) is 2.81. The molecule has 0 saturated heterocycles. The number of aromatic nitrogens is 2. The van der Waals surface area contributed by atoms with Crippen molar-refractivity contribution < 1.29 is 0 Å². The molecule has 0 aliphatic heterocycles. The lowest BCUT2D eigenvalue weighted by Gasteiger charge is -2.23. The third-order valence-corrected chi connectivity index (χ3v) is 5.32. The van der Waals surface area contributed by atoms with Crippen molar-refractivity contribution in [1.29, 1.82) is 0 Å². The molecule has 3 rings (SSSR count). The van der Waals surface area contributed by atoms with Gasteiger partial charge in [-0.05, 0) is 38.0 Å². The summed E-state index contributed by atoms with van der Waals surface area (Å²) in [6, 6.07) is 12.8. The lowest BCUT2D eigenvalue weighted by Crippen LogP contribution is -2.25. The van der Waals surface area contributed by atoms with E-state index in [1.165, 1.54) is 10.6 Å². The van der Waals surface area contributed by atoms with E-state index in [1.807, 2.05) is 0 Å². The summed E-state index contributed by atoms with van der Waals surface area (Å²) in [4.78, 5) is 13.6. The summed E-state index contributed by atoms with van der Waals surface area (Å²) in [5.41, 5.74) is 1.29. The van der Waals surface area contributed by atoms with Crippen LogP contribution in [0.5, 0.6) is 0 Å². The number of anilines is 2. The van der Waals surface area contributed by atoms with Gasteiger partial charge in [0.15, 0.2) is 0 Å². The second-order valence-electron chi connectivity index (χ2n) is 5.70. The predicted molar refractivity (Wildman–Crippen MR) is 104 cm³/mol. The number of rotatable bonds is 8. The highest BCUT2D eigenvalue weighted by atomic mass is 32.1. The van der Waals surface area contributed by atoms with Crippen LogP contribution in [-0.4, -0.2) is 29.6 Å². The van der Waals surface area contributed by atoms with Crippen LogP contribution in [0.1, 0.15) is 25.1 Å². The molecule has 0 amide bonds. The van der Waals surface area contributed by atoms with Crippen LogP contribution in [0.4, 0.5) is 11.5 Å². The smallest absolute Gasteiger partial charge is 0.138 e. The first kappa shape index (κ1) is 16.7. The number of nitrogens with zero attached hydrogens (tertiary/aromatic N) is 3. The van der Waals surface area contributed by atoms with Crippen LogP contribution < -0.4 is 10.2 Å². The van der Waals surface area contributed by atoms with E-state index in [0.29, 0.717) is 0 Å². The molecule has 0 bridgehead atoms. The van der Waals surface area contributed by atoms with Gasteiger partial charge >= 0.3 is 0 Å². The van der Waals surface area contributed by atoms with E-state index in [4.69, 9.17) is 0 Å². The maximum Gasteiger partial charge on any atom is 0.138 e. The summed E-state index contributed by atoms with van der Waals surface area (Å²) in [5, 5.41) is 4.63. The fourth-order valence-corrected chi connectivity index (χ4v) is 3.74. The molecule has 0 aliphatic carbocycles. The van der Waals surface area contributed by atoms with Crippen LogP contribution in [0, 0.1) is 0 Å². The Bertz CT molecular complexity index is 769. The van der Waals surface area contributed by atoms with Crippen molar-refractivity contribution >= 4 is 33.1 Å². The average Bonchev–Trinajstić information content (AvgIpc) is 3.06. The van der Waals surface area contributed by atoms with Crippen LogP contribution in [0.2, 0.25) is 0 Å². The second-order valence-corrected chi connectivity index (χ2v) is 6.82. The van der Waals surface area contributed by atoms with Crippen molar-refractivity contribution in [2.24, 2.45) is 0 Å². The lowest BCUT2D eigenvalue weighted by atomic mass is 10.2. The number of hydrogen-bond donors (Lipinski definition) is 1. The number of fused-ring (bicyclic) bond motifs is 1. The zero-order valence-corrected chi connectivity index (χ0v) is 15.1. The highest BCUT2D eigenvalue weighted by Gasteiger charge is 2.08. The Balaban J connectivity index is 1.57. The van der Waals surface area contributed by atoms with Gasteiger partial charge in [-0.1, -0.05) is 25.1 Å². The Morgan fingerprint density at radius 1 is 1.12 bits per heavy atom. The van der Waals surface area contributed by atoms with Crippen molar-refractivity contribution in [2.45, 2.75) is 26.7 Å². The molecule has 0 atom stereocenters. The van der Waals surface area contributed by atoms with Crippen molar-refractivity contribution in [3.05, 3.63) is 47.6 Å². The number of aryl methyl sites for hydroxylation is 1. The number of thiophene rings is 1. The number of para-hydroxylation sites is 1. The first-order valence-electron chi connectivity index (χ1n) is 8.59. The third kappa shape index (κ3) is 3.85. The summed E-state index contributed by atoms with van der Waals surface area (Å²) >= 11 is 1.76. The molecule has 24 heavy (non-hydrogen) atoms. The molecule has 3 aromatic rings. The minimum atomic E-state index is 0.909. The van der Waals surface area contributed by atoms with Gasteiger partial charge in [-0.25, -0.2) is 9.97 Å². The predicted octanol–water partition coefficient (Wildman–Crippen LogP) is 4.58. The molecule has 0 unspecified atom stereocenters. The van der Waals surface area contributed by atoms with Gasteiger partial charge in [0.2, 0.25) is 0 Å². The topological polar surface area (TPSA) is 41.0 Å². The van der Waals surface area contributed by atoms with Gasteiger partial charge in [0.1, 0.15) is 17.0 Å². The van der Waals surface area contributed by atoms with Crippen molar-refractivity contribution in [1.82, 2.24) is 9.97 Å². The zero-order valence-electron chi connectivity index (χ0n) is 14.3. The van der Waals surface area contributed by atoms with E-state index >= 15 is 0 Å². The Labute approximate surface area is 147 Å². The first-order valence-corrected chi connectivity index (χ1v) is 9.40. The molecular weight excluding hydrogens is 316 g/mol. The molecule has 0 fully saturated rings. The van der Waals surface area contributed by atoms with E-state index in [-0.39, 0.29) is 0 Å². The van der Waals surface area contributed by atoms with Gasteiger partial charge in [-0.3, -0.25) is 0 Å². The molecule has 1 aromatic carbocycles. The first-order chi connectivity index (χ1) is 11.8. The van der Waals surface area contributed by atoms with Crippen LogP contribution in [0.25, 0.3) is 10.2 Å². The Kier molecular flexibility index (Phi) is 5.64. The quantitative estimate of drug-likeness (QED) is 0.609. The van der Waals surface area contributed by atoms with Crippen LogP contribution >= 0.6 is 11.3 Å². The average molecular weight is 340 g/mol. The van der Waals surface area contributed by atoms with E-state index in [1.54, 1.807) is 17.7 Å². The second kappa shape index (κ2) is 8.11. The Morgan fingerprint density at radius 2 is 1.96 bits per heavy atom. The standard InChI is InChI=1S/C19H24N4S/c1-3-16-13-17-18(21-14-22-19(17)24-16)20-11-8-12-23(4-2)15-9-6-5-7-10-15/h5-7,9-10,13-14H,3-4,8,11-12H2,1-2H3,(H,20,21,22). The van der Waals surface area contributed by atoms with Gasteiger partial charge < -0.3 is 10.2 Å². The van der Waals surface area contributed by atoms with E-state index < -0.39 is 0 Å². The molecule has 126 valence electrons. The molecule has 2 aromatic heterocycles. The van der Waals surface area contributed by atoms with Gasteiger partial charge in [0.25, 0.3) is 0 Å². The fraction of sp³-hybridized carbons (Fsp3) is 0.368. The van der Waals surface area contributed by atoms with Gasteiger partial charge in [-0.2, -0.15) is 0 Å². The van der Waals surface area contributed by atoms with Gasteiger partial charge in [0, 0.05) is 30.2 Å². The molecule has 0 spiro atoms. The third-order valence-electron chi connectivity index (χ3n) is 4.13. The summed E-state index contributed by atoms with van der Waals surface area (Å²) in [5.74, 6) is 0.957. The maximum absolute atomic E-state index is 4.42. The van der Waals surface area contributed by atoms with Crippen LogP contribution in [0.3, 0.4) is 0 Å². The normalized spacial score (nSPS) is 10.9. The lowest BCUT2D eigenvalue weighted by molar-refractivity contribution is 0.768. The van der Waals surface area contributed by atoms with E-state index in [9.17, 15) is 0 Å². The van der Waals surface area contributed by atoms with Crippen LogP contribution in [0.15, 0.2) is 42.7 Å². The molecule has 0 saturated carbocycles. The van der Waals surface area contributed by atoms with Crippen molar-refractivity contribution in [2.75, 3.05) is 29.9 Å². The molecular formula is C19H24N4S. The number of nitrogens with one attached hydrogen (secondary N) is 1. The largest absolute Gasteiger partial charge is 0.372 e. The zero-order chi connectivity index (χ0) is 16.8. The van der Waals surface area contributed by atoms with E-state index in [2.05, 4.69) is 70.4 Å². The number of hydrogen-bond acceptors (Lipinski definition) is 5. The summed E-state index contributed by atoms with van der Waals surface area (Å²) in [6.07, 6.45) is 3.77. The molecule has 1 N–H and O–H groups in total. The Hall–Kier alpha value is -2.14. The highest BCUT2D eigenvalue weighted by molar-refractivity contribution is 7.18. The molecule has 2 heterocycles. The minimum Gasteiger partial charge on any atom is -0.372 e. The molecule has 4 nitrogen and oxygen atoms in total. The van der Waals surface area contributed by atoms with Crippen LogP contribution in [-0.2, 0) is 6.42 Å². The van der Waals surface area contributed by atoms with Crippen molar-refractivity contribution in [3.8, 4) is 0 Å². The van der Waals surface area contributed by atoms with Gasteiger partial charge in [-0.15, -0.1) is 11.3 Å². The molecule has 0 radical (unpaired) electrons. The monoisotopic (exact) mass is 340 g/mol. The maximum atomic E-state index is 4.42. The molecule has 5 heteroatoms. The summed E-state index contributed by atoms with van der Waals surface area (Å²) in [6.45, 7) is 7.34. The number of benzene rings is 1. The minimum absolute atomic E-state index is 0.909. The van der Waals surface area contributed by atoms with Gasteiger partial charge in [0.05, 0.1) is 5.39 Å². The SMILES string of the molecule is CCc1cc2c(NCCCN(CC)c3ccccc3)ncnc2s1. The highest BCUT2D eigenvalue weighted by Crippen LogP contribution is 2.28.